The number of methoxy groups -OCH3 is 2. The molecule has 1 aromatic rings. The van der Waals surface area contributed by atoms with Crippen LogP contribution in [0.3, 0.4) is 0 Å². The maximum absolute atomic E-state index is 13.1. The zero-order valence-electron chi connectivity index (χ0n) is 17.9. The van der Waals surface area contributed by atoms with Crippen LogP contribution in [-0.2, 0) is 14.3 Å². The number of unbranched alkanes of at least 4 members (excludes halogenated alkanes) is 1. The summed E-state index contributed by atoms with van der Waals surface area (Å²) in [6, 6.07) is 3.64. The highest BCUT2D eigenvalue weighted by atomic mass is 79.9. The summed E-state index contributed by atoms with van der Waals surface area (Å²) < 4.78 is 17.2. The number of hydrogen-bond donors (Lipinski definition) is 1. The first-order valence-corrected chi connectivity index (χ1v) is 11.0. The fraction of sp³-hybridized carbons (Fsp3) is 0.478. The molecule has 1 heterocycles. The van der Waals surface area contributed by atoms with Crippen LogP contribution in [0.2, 0.25) is 0 Å². The molecule has 0 radical (unpaired) electrons. The van der Waals surface area contributed by atoms with Crippen molar-refractivity contribution in [3.63, 3.8) is 0 Å². The van der Waals surface area contributed by atoms with Gasteiger partial charge in [-0.2, -0.15) is 0 Å². The molecule has 0 amide bonds. The molecular formula is C23H28BrNO5. The topological polar surface area (TPSA) is 73.9 Å². The average molecular weight is 478 g/mol. The zero-order valence-corrected chi connectivity index (χ0v) is 19.5. The van der Waals surface area contributed by atoms with Gasteiger partial charge >= 0.3 is 5.97 Å². The van der Waals surface area contributed by atoms with Gasteiger partial charge in [0.25, 0.3) is 0 Å². The first kappa shape index (κ1) is 22.4. The molecule has 7 heteroatoms. The van der Waals surface area contributed by atoms with Crippen LogP contribution in [0.25, 0.3) is 0 Å². The Morgan fingerprint density at radius 1 is 1.20 bits per heavy atom. The molecule has 3 rings (SSSR count). The second-order valence-corrected chi connectivity index (χ2v) is 8.34. The summed E-state index contributed by atoms with van der Waals surface area (Å²) in [5.74, 6) is 0.235. The summed E-state index contributed by atoms with van der Waals surface area (Å²) >= 11 is 3.62. The number of dihydropyridines is 1. The van der Waals surface area contributed by atoms with E-state index in [1.807, 2.05) is 19.9 Å². The summed E-state index contributed by atoms with van der Waals surface area (Å²) in [5.41, 5.74) is 3.49. The normalized spacial score (nSPS) is 18.7. The lowest BCUT2D eigenvalue weighted by molar-refractivity contribution is -0.139. The Balaban J connectivity index is 2.16. The van der Waals surface area contributed by atoms with Crippen molar-refractivity contribution >= 4 is 27.7 Å². The van der Waals surface area contributed by atoms with Crippen LogP contribution in [0.4, 0.5) is 0 Å². The van der Waals surface area contributed by atoms with E-state index in [0.29, 0.717) is 35.7 Å². The SMILES string of the molecule is CCCCOC(=O)C1=C(C)NC2=C(C(=O)CCC2)[C@@H]1c1cc(OC)c(OC)cc1Br. The van der Waals surface area contributed by atoms with Gasteiger partial charge in [0.1, 0.15) is 0 Å². The standard InChI is InChI=1S/C23H28BrNO5/c1-5-6-10-30-23(27)20-13(2)25-16-8-7-9-17(26)22(16)21(20)14-11-18(28-3)19(29-4)12-15(14)24/h11-12,21,25H,5-10H2,1-4H3/t21-/m1/s1. The number of halogens is 1. The number of carbonyl (C=O) groups is 2. The van der Waals surface area contributed by atoms with Crippen LogP contribution in [0.15, 0.2) is 39.1 Å². The number of nitrogens with one attached hydrogen (secondary N) is 1. The number of esters is 1. The lowest BCUT2D eigenvalue weighted by atomic mass is 9.75. The summed E-state index contributed by atoms with van der Waals surface area (Å²) in [7, 11) is 3.13. The van der Waals surface area contributed by atoms with Gasteiger partial charge in [-0.15, -0.1) is 0 Å². The molecule has 0 saturated heterocycles. The highest BCUT2D eigenvalue weighted by molar-refractivity contribution is 9.10. The van der Waals surface area contributed by atoms with Crippen LogP contribution >= 0.6 is 15.9 Å². The highest BCUT2D eigenvalue weighted by Crippen LogP contribution is 2.47. The van der Waals surface area contributed by atoms with E-state index in [0.717, 1.165) is 47.1 Å². The molecule has 0 saturated carbocycles. The van der Waals surface area contributed by atoms with E-state index in [9.17, 15) is 9.59 Å². The maximum atomic E-state index is 13.1. The summed E-state index contributed by atoms with van der Waals surface area (Å²) in [6.07, 6.45) is 3.77. The predicted octanol–water partition coefficient (Wildman–Crippen LogP) is 4.78. The molecule has 162 valence electrons. The molecule has 1 N–H and O–H groups in total. The Labute approximate surface area is 185 Å². The molecule has 1 atom stereocenters. The number of benzene rings is 1. The lowest BCUT2D eigenvalue weighted by Crippen LogP contribution is -2.34. The molecule has 1 aliphatic heterocycles. The third kappa shape index (κ3) is 4.26. The molecule has 0 fully saturated rings. The van der Waals surface area contributed by atoms with Gasteiger partial charge in [-0.25, -0.2) is 4.79 Å². The molecule has 0 spiro atoms. The molecule has 2 aliphatic rings. The van der Waals surface area contributed by atoms with Gasteiger partial charge in [0, 0.05) is 33.8 Å². The van der Waals surface area contributed by atoms with E-state index < -0.39 is 11.9 Å². The minimum Gasteiger partial charge on any atom is -0.493 e. The van der Waals surface area contributed by atoms with Gasteiger partial charge in [0.05, 0.1) is 26.4 Å². The molecule has 0 bridgehead atoms. The van der Waals surface area contributed by atoms with Crippen molar-refractivity contribution in [3.05, 3.63) is 44.7 Å². The zero-order chi connectivity index (χ0) is 21.8. The monoisotopic (exact) mass is 477 g/mol. The summed E-state index contributed by atoms with van der Waals surface area (Å²) in [6.45, 7) is 4.26. The fourth-order valence-electron chi connectivity index (χ4n) is 4.04. The van der Waals surface area contributed by atoms with E-state index in [1.165, 1.54) is 0 Å². The van der Waals surface area contributed by atoms with E-state index >= 15 is 0 Å². The Morgan fingerprint density at radius 3 is 2.57 bits per heavy atom. The van der Waals surface area contributed by atoms with Gasteiger partial charge in [0.15, 0.2) is 17.3 Å². The largest absolute Gasteiger partial charge is 0.493 e. The van der Waals surface area contributed by atoms with Gasteiger partial charge in [-0.05, 0) is 43.9 Å². The van der Waals surface area contributed by atoms with Crippen molar-refractivity contribution in [2.24, 2.45) is 0 Å². The van der Waals surface area contributed by atoms with Gasteiger partial charge in [0.2, 0.25) is 0 Å². The third-order valence-corrected chi connectivity index (χ3v) is 6.23. The summed E-state index contributed by atoms with van der Waals surface area (Å²) in [4.78, 5) is 26.1. The predicted molar refractivity (Wildman–Crippen MR) is 118 cm³/mol. The van der Waals surface area contributed by atoms with Gasteiger partial charge in [-0.1, -0.05) is 29.3 Å². The second kappa shape index (κ2) is 9.69. The molecule has 6 nitrogen and oxygen atoms in total. The number of ether oxygens (including phenoxy) is 3. The van der Waals surface area contributed by atoms with Crippen LogP contribution in [0.5, 0.6) is 11.5 Å². The quantitative estimate of drug-likeness (QED) is 0.449. The highest BCUT2D eigenvalue weighted by Gasteiger charge is 2.40. The lowest BCUT2D eigenvalue weighted by Gasteiger charge is -2.34. The maximum Gasteiger partial charge on any atom is 0.336 e. The van der Waals surface area contributed by atoms with Crippen molar-refractivity contribution in [1.29, 1.82) is 0 Å². The van der Waals surface area contributed by atoms with Crippen LogP contribution in [-0.4, -0.2) is 32.6 Å². The Bertz CT molecular complexity index is 918. The molecule has 1 aromatic carbocycles. The van der Waals surface area contributed by atoms with Crippen LogP contribution < -0.4 is 14.8 Å². The van der Waals surface area contributed by atoms with E-state index in [-0.39, 0.29) is 5.78 Å². The molecule has 0 unspecified atom stereocenters. The van der Waals surface area contributed by atoms with Crippen molar-refractivity contribution < 1.29 is 23.8 Å². The first-order valence-electron chi connectivity index (χ1n) is 10.2. The Kier molecular flexibility index (Phi) is 7.23. The van der Waals surface area contributed by atoms with E-state index in [4.69, 9.17) is 14.2 Å². The Morgan fingerprint density at radius 2 is 1.90 bits per heavy atom. The van der Waals surface area contributed by atoms with Crippen molar-refractivity contribution in [3.8, 4) is 11.5 Å². The van der Waals surface area contributed by atoms with Gasteiger partial charge < -0.3 is 19.5 Å². The number of hydrogen-bond acceptors (Lipinski definition) is 6. The number of allylic oxidation sites excluding steroid dienone is 3. The van der Waals surface area contributed by atoms with E-state index in [1.54, 1.807) is 20.3 Å². The molecule has 0 aromatic heterocycles. The second-order valence-electron chi connectivity index (χ2n) is 7.48. The molecular weight excluding hydrogens is 450 g/mol. The average Bonchev–Trinajstić information content (AvgIpc) is 2.72. The third-order valence-electron chi connectivity index (χ3n) is 5.54. The van der Waals surface area contributed by atoms with Gasteiger partial charge in [-0.3, -0.25) is 4.79 Å². The van der Waals surface area contributed by atoms with Crippen molar-refractivity contribution in [2.45, 2.75) is 51.9 Å². The number of carbonyl (C=O) groups excluding carboxylic acids is 2. The van der Waals surface area contributed by atoms with Crippen LogP contribution in [0, 0.1) is 0 Å². The number of ketones is 1. The van der Waals surface area contributed by atoms with E-state index in [2.05, 4.69) is 21.2 Å². The Hall–Kier alpha value is -2.28. The first-order chi connectivity index (χ1) is 14.4. The number of Topliss-reactive ketones (excluding diaryl/α,β-unsaturated/α-hetero) is 1. The summed E-state index contributed by atoms with van der Waals surface area (Å²) in [5, 5.41) is 3.31. The van der Waals surface area contributed by atoms with Crippen LogP contribution in [0.1, 0.15) is 57.4 Å². The van der Waals surface area contributed by atoms with Crippen molar-refractivity contribution in [2.75, 3.05) is 20.8 Å². The molecule has 1 aliphatic carbocycles. The minimum atomic E-state index is -0.530. The fourth-order valence-corrected chi connectivity index (χ4v) is 4.59. The minimum absolute atomic E-state index is 0.0572. The van der Waals surface area contributed by atoms with Crippen molar-refractivity contribution in [1.82, 2.24) is 5.32 Å². The molecule has 30 heavy (non-hydrogen) atoms. The number of rotatable bonds is 7. The smallest absolute Gasteiger partial charge is 0.336 e.